The van der Waals surface area contributed by atoms with E-state index in [-0.39, 0.29) is 18.1 Å². The summed E-state index contributed by atoms with van der Waals surface area (Å²) in [6.45, 7) is 4.14. The Kier molecular flexibility index (Phi) is 6.88. The molecule has 33 heavy (non-hydrogen) atoms. The number of Topliss-reactive ketones (excluding diaryl/α,β-unsaturated/α-hetero) is 1. The lowest BCUT2D eigenvalue weighted by atomic mass is 9.71. The lowest BCUT2D eigenvalue weighted by Crippen LogP contribution is -2.40. The number of hydrogen-bond acceptors (Lipinski definition) is 6. The maximum atomic E-state index is 13.4. The van der Waals surface area contributed by atoms with E-state index in [9.17, 15) is 14.7 Å². The van der Waals surface area contributed by atoms with Gasteiger partial charge in [0.1, 0.15) is 12.4 Å². The van der Waals surface area contributed by atoms with E-state index in [0.29, 0.717) is 46.5 Å². The molecule has 4 rings (SSSR count). The Balaban J connectivity index is 1.78. The zero-order valence-corrected chi connectivity index (χ0v) is 20.1. The molecule has 2 aromatic carbocycles. The number of phenols is 1. The first-order valence-corrected chi connectivity index (χ1v) is 11.8. The highest BCUT2D eigenvalue weighted by Crippen LogP contribution is 2.47. The number of esters is 1. The van der Waals surface area contributed by atoms with Crippen LogP contribution in [-0.4, -0.2) is 23.5 Å². The maximum Gasteiger partial charge on any atom is 0.336 e. The molecule has 172 valence electrons. The van der Waals surface area contributed by atoms with Crippen LogP contribution in [-0.2, 0) is 20.9 Å². The molecule has 0 saturated carbocycles. The summed E-state index contributed by atoms with van der Waals surface area (Å²) in [5.74, 6) is -1.24. The summed E-state index contributed by atoms with van der Waals surface area (Å²) in [6.07, 6.45) is 3.10. The van der Waals surface area contributed by atoms with Gasteiger partial charge in [-0.3, -0.25) is 4.79 Å². The average Bonchev–Trinajstić information content (AvgIpc) is 2.80. The number of halogens is 1. The molecule has 0 bridgehead atoms. The van der Waals surface area contributed by atoms with Gasteiger partial charge in [-0.25, -0.2) is 4.79 Å². The van der Waals surface area contributed by atoms with Crippen molar-refractivity contribution < 1.29 is 24.2 Å². The smallest absolute Gasteiger partial charge is 0.336 e. The number of allylic oxidation sites excluding steroid dienone is 3. The molecule has 1 heterocycles. The average molecular weight is 512 g/mol. The number of ether oxygens (including phenoxy) is 2. The van der Waals surface area contributed by atoms with Crippen molar-refractivity contribution in [2.75, 3.05) is 6.61 Å². The van der Waals surface area contributed by atoms with Crippen LogP contribution < -0.4 is 10.1 Å². The summed E-state index contributed by atoms with van der Waals surface area (Å²) in [6, 6.07) is 12.9. The molecule has 2 N–H and O–H groups in total. The molecule has 7 heteroatoms. The summed E-state index contributed by atoms with van der Waals surface area (Å²) in [4.78, 5) is 26.4. The number of hydrogen-bond donors (Lipinski definition) is 2. The number of rotatable bonds is 6. The van der Waals surface area contributed by atoms with Crippen LogP contribution in [0.3, 0.4) is 0 Å². The van der Waals surface area contributed by atoms with Crippen LogP contribution in [0, 0.1) is 5.92 Å². The van der Waals surface area contributed by atoms with E-state index in [1.54, 1.807) is 12.1 Å². The second kappa shape index (κ2) is 9.83. The highest BCUT2D eigenvalue weighted by atomic mass is 79.9. The van der Waals surface area contributed by atoms with Gasteiger partial charge in [0.15, 0.2) is 11.5 Å². The molecule has 2 atom stereocenters. The standard InChI is InChI=1S/C26H26BrNO5/c1-3-32-21-13-17(12-18(27)25(21)30)23-22(26(31)33-14-16-8-5-4-6-9-16)15(2)28-19-10-7-11-20(29)24(19)23/h4-6,8-10,12-13,23-24,28,30H,3,7,11,14H2,1-2H3. The lowest BCUT2D eigenvalue weighted by molar-refractivity contribution is -0.141. The maximum absolute atomic E-state index is 13.4. The minimum Gasteiger partial charge on any atom is -0.503 e. The van der Waals surface area contributed by atoms with Gasteiger partial charge >= 0.3 is 5.97 Å². The van der Waals surface area contributed by atoms with Crippen molar-refractivity contribution in [3.8, 4) is 11.5 Å². The van der Waals surface area contributed by atoms with Gasteiger partial charge in [-0.15, -0.1) is 0 Å². The van der Waals surface area contributed by atoms with Gasteiger partial charge in [0.25, 0.3) is 0 Å². The normalized spacial score (nSPS) is 20.0. The predicted molar refractivity (Wildman–Crippen MR) is 128 cm³/mol. The molecule has 1 aliphatic heterocycles. The monoisotopic (exact) mass is 511 g/mol. The van der Waals surface area contributed by atoms with Crippen LogP contribution in [0.4, 0.5) is 0 Å². The molecule has 1 aliphatic carbocycles. The van der Waals surface area contributed by atoms with Gasteiger partial charge in [-0.1, -0.05) is 36.4 Å². The molecule has 6 nitrogen and oxygen atoms in total. The minimum absolute atomic E-state index is 0.0193. The number of carbonyl (C=O) groups is 2. The van der Waals surface area contributed by atoms with E-state index >= 15 is 0 Å². The topological polar surface area (TPSA) is 84.9 Å². The first-order chi connectivity index (χ1) is 15.9. The van der Waals surface area contributed by atoms with Gasteiger partial charge in [0.2, 0.25) is 0 Å². The third kappa shape index (κ3) is 4.69. The van der Waals surface area contributed by atoms with Crippen molar-refractivity contribution in [1.82, 2.24) is 5.32 Å². The van der Waals surface area contributed by atoms with E-state index in [1.807, 2.05) is 50.3 Å². The molecule has 0 spiro atoms. The molecular weight excluding hydrogens is 486 g/mol. The molecule has 0 radical (unpaired) electrons. The highest BCUT2D eigenvalue weighted by molar-refractivity contribution is 9.10. The fourth-order valence-corrected chi connectivity index (χ4v) is 4.94. The highest BCUT2D eigenvalue weighted by Gasteiger charge is 2.43. The number of carbonyl (C=O) groups excluding carboxylic acids is 2. The number of fused-ring (bicyclic) bond motifs is 1. The number of benzene rings is 2. The van der Waals surface area contributed by atoms with Crippen LogP contribution in [0.15, 0.2) is 70.0 Å². The molecular formula is C26H26BrNO5. The van der Waals surface area contributed by atoms with E-state index in [2.05, 4.69) is 21.2 Å². The summed E-state index contributed by atoms with van der Waals surface area (Å²) in [5.41, 5.74) is 3.43. The molecule has 0 amide bonds. The van der Waals surface area contributed by atoms with E-state index in [1.165, 1.54) is 0 Å². The van der Waals surface area contributed by atoms with Crippen molar-refractivity contribution in [3.63, 3.8) is 0 Å². The van der Waals surface area contributed by atoms with Crippen molar-refractivity contribution in [3.05, 3.63) is 81.1 Å². The number of phenolic OH excluding ortho intramolecular Hbond substituents is 1. The SMILES string of the molecule is CCOc1cc(C2C(C(=O)OCc3ccccc3)=C(C)NC3=CCCC(=O)C32)cc(Br)c1O. The van der Waals surface area contributed by atoms with Crippen LogP contribution >= 0.6 is 15.9 Å². The first kappa shape index (κ1) is 23.1. The lowest BCUT2D eigenvalue weighted by Gasteiger charge is -2.38. The number of nitrogens with one attached hydrogen (secondary N) is 1. The van der Waals surface area contributed by atoms with Crippen LogP contribution in [0.25, 0.3) is 0 Å². The van der Waals surface area contributed by atoms with Gasteiger partial charge in [0.05, 0.1) is 22.6 Å². The fourth-order valence-electron chi connectivity index (χ4n) is 4.48. The molecule has 2 aliphatic rings. The zero-order chi connectivity index (χ0) is 23.5. The largest absolute Gasteiger partial charge is 0.503 e. The number of aromatic hydroxyl groups is 1. The summed E-state index contributed by atoms with van der Waals surface area (Å²) in [7, 11) is 0. The van der Waals surface area contributed by atoms with Crippen LogP contribution in [0.2, 0.25) is 0 Å². The van der Waals surface area contributed by atoms with E-state index < -0.39 is 17.8 Å². The van der Waals surface area contributed by atoms with Crippen molar-refractivity contribution in [2.24, 2.45) is 5.92 Å². The Labute approximate surface area is 201 Å². The molecule has 0 saturated heterocycles. The third-order valence-electron chi connectivity index (χ3n) is 5.96. The van der Waals surface area contributed by atoms with Crippen LogP contribution in [0.5, 0.6) is 11.5 Å². The van der Waals surface area contributed by atoms with Crippen molar-refractivity contribution in [1.29, 1.82) is 0 Å². The van der Waals surface area contributed by atoms with Gasteiger partial charge in [-0.2, -0.15) is 0 Å². The van der Waals surface area contributed by atoms with E-state index in [4.69, 9.17) is 9.47 Å². The first-order valence-electron chi connectivity index (χ1n) is 11.0. The van der Waals surface area contributed by atoms with Crippen molar-refractivity contribution in [2.45, 2.75) is 39.2 Å². The minimum atomic E-state index is -0.565. The van der Waals surface area contributed by atoms with Gasteiger partial charge in [0, 0.05) is 23.7 Å². The van der Waals surface area contributed by atoms with Crippen molar-refractivity contribution >= 4 is 27.7 Å². The quantitative estimate of drug-likeness (QED) is 0.523. The van der Waals surface area contributed by atoms with Gasteiger partial charge in [-0.05, 0) is 59.5 Å². The Bertz CT molecular complexity index is 1140. The second-order valence-corrected chi connectivity index (χ2v) is 8.98. The molecule has 2 unspecified atom stereocenters. The van der Waals surface area contributed by atoms with E-state index in [0.717, 1.165) is 11.3 Å². The second-order valence-electron chi connectivity index (χ2n) is 8.13. The Hall–Kier alpha value is -3.06. The summed E-state index contributed by atoms with van der Waals surface area (Å²) < 4.78 is 11.7. The fraction of sp³-hybridized carbons (Fsp3) is 0.308. The zero-order valence-electron chi connectivity index (χ0n) is 18.6. The van der Waals surface area contributed by atoms with Gasteiger partial charge < -0.3 is 19.9 Å². The molecule has 0 aromatic heterocycles. The number of ketones is 1. The molecule has 0 fully saturated rings. The molecule has 2 aromatic rings. The predicted octanol–water partition coefficient (Wildman–Crippen LogP) is 5.12. The Morgan fingerprint density at radius 3 is 2.70 bits per heavy atom. The summed E-state index contributed by atoms with van der Waals surface area (Å²) in [5, 5.41) is 13.7. The van der Waals surface area contributed by atoms with Crippen LogP contribution in [0.1, 0.15) is 43.7 Å². The third-order valence-corrected chi connectivity index (χ3v) is 6.56. The summed E-state index contributed by atoms with van der Waals surface area (Å²) >= 11 is 3.39. The Morgan fingerprint density at radius 2 is 1.97 bits per heavy atom. The Morgan fingerprint density at radius 1 is 1.21 bits per heavy atom.